The smallest absolute Gasteiger partial charge is 0.0869 e. The van der Waals surface area contributed by atoms with E-state index in [2.05, 4.69) is 34.6 Å². The number of benzene rings is 1. The van der Waals surface area contributed by atoms with Crippen molar-refractivity contribution in [3.05, 3.63) is 36.0 Å². The molecule has 104 valence electrons. The van der Waals surface area contributed by atoms with Crippen LogP contribution in [0.15, 0.2) is 30.5 Å². The molecule has 19 heavy (non-hydrogen) atoms. The van der Waals surface area contributed by atoms with Gasteiger partial charge < -0.3 is 20.3 Å². The summed E-state index contributed by atoms with van der Waals surface area (Å²) in [7, 11) is 3.93. The molecule has 1 aromatic heterocycles. The number of likely N-dealkylation sites (N-methyl/N-ethyl adjacent to an activating group) is 1. The summed E-state index contributed by atoms with van der Waals surface area (Å²) in [6.07, 6.45) is 1.95. The maximum Gasteiger partial charge on any atom is 0.0869 e. The Hall–Kier alpha value is -1.36. The Kier molecular flexibility index (Phi) is 4.24. The standard InChI is InChI=1S/C15H23N3O/c1-15(19,11-18(2)3)10-16-9-12-4-5-13-6-7-17-14(13)8-12/h4-8,16-17,19H,9-11H2,1-3H3. The minimum absolute atomic E-state index is 0.577. The molecule has 4 nitrogen and oxygen atoms in total. The Labute approximate surface area is 114 Å². The van der Waals surface area contributed by atoms with E-state index >= 15 is 0 Å². The molecule has 0 saturated carbocycles. The van der Waals surface area contributed by atoms with Gasteiger partial charge in [0.1, 0.15) is 0 Å². The molecule has 2 aromatic rings. The number of aliphatic hydroxyl groups is 1. The summed E-state index contributed by atoms with van der Waals surface area (Å²) in [6.45, 7) is 3.84. The van der Waals surface area contributed by atoms with Gasteiger partial charge in [-0.2, -0.15) is 0 Å². The fourth-order valence-corrected chi connectivity index (χ4v) is 2.42. The molecule has 0 aliphatic rings. The van der Waals surface area contributed by atoms with Crippen LogP contribution in [0.1, 0.15) is 12.5 Å². The Morgan fingerprint density at radius 2 is 2.11 bits per heavy atom. The third kappa shape index (κ3) is 4.06. The van der Waals surface area contributed by atoms with Crippen LogP contribution >= 0.6 is 0 Å². The second-order valence-electron chi connectivity index (χ2n) is 5.74. The average Bonchev–Trinajstić information content (AvgIpc) is 2.74. The van der Waals surface area contributed by atoms with Gasteiger partial charge >= 0.3 is 0 Å². The average molecular weight is 261 g/mol. The molecule has 1 atom stereocenters. The van der Waals surface area contributed by atoms with Crippen molar-refractivity contribution in [2.75, 3.05) is 27.2 Å². The van der Waals surface area contributed by atoms with Crippen molar-refractivity contribution in [3.8, 4) is 0 Å². The number of hydrogen-bond acceptors (Lipinski definition) is 3. The maximum absolute atomic E-state index is 10.2. The van der Waals surface area contributed by atoms with E-state index in [-0.39, 0.29) is 0 Å². The first-order chi connectivity index (χ1) is 8.96. The first-order valence-electron chi connectivity index (χ1n) is 6.60. The number of fused-ring (bicyclic) bond motifs is 1. The van der Waals surface area contributed by atoms with E-state index in [1.54, 1.807) is 0 Å². The lowest BCUT2D eigenvalue weighted by Crippen LogP contribution is -2.45. The number of aromatic nitrogens is 1. The second-order valence-corrected chi connectivity index (χ2v) is 5.74. The highest BCUT2D eigenvalue weighted by molar-refractivity contribution is 5.79. The highest BCUT2D eigenvalue weighted by Crippen LogP contribution is 2.14. The van der Waals surface area contributed by atoms with Crippen LogP contribution in [0.2, 0.25) is 0 Å². The normalized spacial score (nSPS) is 15.0. The minimum Gasteiger partial charge on any atom is -0.388 e. The van der Waals surface area contributed by atoms with Crippen molar-refractivity contribution in [2.24, 2.45) is 0 Å². The van der Waals surface area contributed by atoms with Crippen LogP contribution in [0.3, 0.4) is 0 Å². The fourth-order valence-electron chi connectivity index (χ4n) is 2.42. The molecule has 1 aromatic carbocycles. The molecule has 0 fully saturated rings. The van der Waals surface area contributed by atoms with Crippen molar-refractivity contribution in [3.63, 3.8) is 0 Å². The van der Waals surface area contributed by atoms with Gasteiger partial charge in [-0.3, -0.25) is 0 Å². The van der Waals surface area contributed by atoms with Crippen LogP contribution < -0.4 is 5.32 Å². The van der Waals surface area contributed by atoms with Crippen molar-refractivity contribution in [1.29, 1.82) is 0 Å². The molecule has 1 unspecified atom stereocenters. The van der Waals surface area contributed by atoms with E-state index < -0.39 is 5.60 Å². The molecule has 0 bridgehead atoms. The van der Waals surface area contributed by atoms with Crippen LogP contribution in [0.25, 0.3) is 10.9 Å². The van der Waals surface area contributed by atoms with Crippen molar-refractivity contribution in [2.45, 2.75) is 19.1 Å². The van der Waals surface area contributed by atoms with E-state index in [0.29, 0.717) is 13.1 Å². The van der Waals surface area contributed by atoms with E-state index in [0.717, 1.165) is 12.1 Å². The van der Waals surface area contributed by atoms with Crippen LogP contribution in [-0.2, 0) is 6.54 Å². The summed E-state index contributed by atoms with van der Waals surface area (Å²) in [4.78, 5) is 5.20. The molecule has 0 saturated heterocycles. The lowest BCUT2D eigenvalue weighted by molar-refractivity contribution is 0.0336. The van der Waals surface area contributed by atoms with E-state index in [4.69, 9.17) is 0 Å². The number of hydrogen-bond donors (Lipinski definition) is 3. The number of nitrogens with one attached hydrogen (secondary N) is 2. The minimum atomic E-state index is -0.708. The van der Waals surface area contributed by atoms with Crippen molar-refractivity contribution in [1.82, 2.24) is 15.2 Å². The molecule has 0 aliphatic heterocycles. The molecule has 2 rings (SSSR count). The highest BCUT2D eigenvalue weighted by atomic mass is 16.3. The fraction of sp³-hybridized carbons (Fsp3) is 0.467. The largest absolute Gasteiger partial charge is 0.388 e. The van der Waals surface area contributed by atoms with Crippen LogP contribution in [-0.4, -0.2) is 47.8 Å². The van der Waals surface area contributed by atoms with E-state index in [1.165, 1.54) is 10.9 Å². The third-order valence-electron chi connectivity index (χ3n) is 3.11. The number of H-pyrrole nitrogens is 1. The highest BCUT2D eigenvalue weighted by Gasteiger charge is 2.20. The van der Waals surface area contributed by atoms with Crippen LogP contribution in [0.4, 0.5) is 0 Å². The number of rotatable bonds is 6. The van der Waals surface area contributed by atoms with Gasteiger partial charge in [0.15, 0.2) is 0 Å². The SMILES string of the molecule is CN(C)CC(C)(O)CNCc1ccc2cc[nH]c2c1. The molecular weight excluding hydrogens is 238 g/mol. The Morgan fingerprint density at radius 3 is 2.84 bits per heavy atom. The lowest BCUT2D eigenvalue weighted by atomic mass is 10.1. The molecule has 4 heteroatoms. The lowest BCUT2D eigenvalue weighted by Gasteiger charge is -2.27. The zero-order chi connectivity index (χ0) is 13.9. The Balaban J connectivity index is 1.88. The van der Waals surface area contributed by atoms with Crippen LogP contribution in [0, 0.1) is 0 Å². The predicted molar refractivity (Wildman–Crippen MR) is 79.2 cm³/mol. The Bertz CT molecular complexity index is 531. The molecule has 0 spiro atoms. The first-order valence-corrected chi connectivity index (χ1v) is 6.60. The quantitative estimate of drug-likeness (QED) is 0.740. The zero-order valence-electron chi connectivity index (χ0n) is 11.9. The molecule has 1 heterocycles. The number of nitrogens with zero attached hydrogens (tertiary/aromatic N) is 1. The summed E-state index contributed by atoms with van der Waals surface area (Å²) >= 11 is 0. The molecule has 3 N–H and O–H groups in total. The summed E-state index contributed by atoms with van der Waals surface area (Å²) in [5.41, 5.74) is 1.66. The Morgan fingerprint density at radius 1 is 1.32 bits per heavy atom. The van der Waals surface area contributed by atoms with Gasteiger partial charge in [-0.25, -0.2) is 0 Å². The zero-order valence-corrected chi connectivity index (χ0v) is 11.9. The second kappa shape index (κ2) is 5.74. The van der Waals surface area contributed by atoms with E-state index in [1.807, 2.05) is 32.1 Å². The van der Waals surface area contributed by atoms with Gasteiger partial charge in [0.2, 0.25) is 0 Å². The van der Waals surface area contributed by atoms with Gasteiger partial charge in [0.25, 0.3) is 0 Å². The van der Waals surface area contributed by atoms with Gasteiger partial charge in [-0.15, -0.1) is 0 Å². The summed E-state index contributed by atoms with van der Waals surface area (Å²) in [5.74, 6) is 0. The first kappa shape index (κ1) is 14.1. The topological polar surface area (TPSA) is 51.3 Å². The number of aromatic amines is 1. The predicted octanol–water partition coefficient (Wildman–Crippen LogP) is 1.57. The molecule has 0 amide bonds. The maximum atomic E-state index is 10.2. The summed E-state index contributed by atoms with van der Waals surface area (Å²) in [6, 6.07) is 8.43. The van der Waals surface area contributed by atoms with E-state index in [9.17, 15) is 5.11 Å². The molecule has 0 aliphatic carbocycles. The van der Waals surface area contributed by atoms with Crippen molar-refractivity contribution < 1.29 is 5.11 Å². The van der Waals surface area contributed by atoms with Gasteiger partial charge in [-0.05, 0) is 44.1 Å². The molecular formula is C15H23N3O. The summed E-state index contributed by atoms with van der Waals surface area (Å²) < 4.78 is 0. The summed E-state index contributed by atoms with van der Waals surface area (Å²) in [5, 5.41) is 14.7. The van der Waals surface area contributed by atoms with Gasteiger partial charge in [0.05, 0.1) is 5.60 Å². The van der Waals surface area contributed by atoms with Crippen molar-refractivity contribution >= 4 is 10.9 Å². The van der Waals surface area contributed by atoms with Gasteiger partial charge in [-0.1, -0.05) is 12.1 Å². The van der Waals surface area contributed by atoms with Crippen LogP contribution in [0.5, 0.6) is 0 Å². The third-order valence-corrected chi connectivity index (χ3v) is 3.11. The monoisotopic (exact) mass is 261 g/mol. The van der Waals surface area contributed by atoms with Gasteiger partial charge in [0, 0.05) is 31.3 Å². The molecule has 0 radical (unpaired) electrons.